The van der Waals surface area contributed by atoms with Gasteiger partial charge in [0.05, 0.1) is 5.02 Å². The third-order valence-electron chi connectivity index (χ3n) is 5.38. The SMILES string of the molecule is SCCNCc1cc(Cl)c(OCc2cccc(-c3ccccc3)c2Br)cc1OCc1cccnc1. The first-order valence-electron chi connectivity index (χ1n) is 11.3. The van der Waals surface area contributed by atoms with E-state index in [2.05, 4.69) is 57.1 Å². The number of aromatic nitrogens is 1. The molecule has 0 aliphatic heterocycles. The monoisotopic (exact) mass is 568 g/mol. The van der Waals surface area contributed by atoms with E-state index >= 15 is 0 Å². The zero-order valence-corrected chi connectivity index (χ0v) is 22.3. The predicted octanol–water partition coefficient (Wildman–Crippen LogP) is 7.34. The Balaban J connectivity index is 1.54. The second-order valence-corrected chi connectivity index (χ2v) is 9.52. The molecule has 0 saturated heterocycles. The average molecular weight is 570 g/mol. The fourth-order valence-electron chi connectivity index (χ4n) is 3.59. The molecular formula is C28H26BrClN2O2S. The number of halogens is 2. The summed E-state index contributed by atoms with van der Waals surface area (Å²) in [4.78, 5) is 4.16. The summed E-state index contributed by atoms with van der Waals surface area (Å²) in [5.41, 5.74) is 5.23. The second kappa shape index (κ2) is 13.0. The van der Waals surface area contributed by atoms with Crippen molar-refractivity contribution in [2.24, 2.45) is 0 Å². The van der Waals surface area contributed by atoms with Crippen molar-refractivity contribution >= 4 is 40.2 Å². The van der Waals surface area contributed by atoms with Gasteiger partial charge in [0.15, 0.2) is 0 Å². The van der Waals surface area contributed by atoms with E-state index in [4.69, 9.17) is 21.1 Å². The Kier molecular flexibility index (Phi) is 9.49. The summed E-state index contributed by atoms with van der Waals surface area (Å²) in [6, 6.07) is 24.1. The topological polar surface area (TPSA) is 43.4 Å². The molecule has 0 unspecified atom stereocenters. The molecule has 4 nitrogen and oxygen atoms in total. The van der Waals surface area contributed by atoms with E-state index in [0.29, 0.717) is 30.5 Å². The van der Waals surface area contributed by atoms with Gasteiger partial charge in [-0.25, -0.2) is 0 Å². The van der Waals surface area contributed by atoms with Crippen LogP contribution in [0.25, 0.3) is 11.1 Å². The molecule has 1 heterocycles. The van der Waals surface area contributed by atoms with Crippen LogP contribution in [-0.2, 0) is 19.8 Å². The van der Waals surface area contributed by atoms with Crippen LogP contribution in [0.5, 0.6) is 11.5 Å². The molecule has 4 rings (SSSR count). The van der Waals surface area contributed by atoms with Crippen LogP contribution in [0.3, 0.4) is 0 Å². The smallest absolute Gasteiger partial charge is 0.142 e. The third kappa shape index (κ3) is 7.01. The van der Waals surface area contributed by atoms with Gasteiger partial charge in [0.1, 0.15) is 24.7 Å². The summed E-state index contributed by atoms with van der Waals surface area (Å²) >= 11 is 14.7. The van der Waals surface area contributed by atoms with E-state index in [1.807, 2.05) is 54.6 Å². The molecule has 3 aromatic carbocycles. The van der Waals surface area contributed by atoms with E-state index < -0.39 is 0 Å². The van der Waals surface area contributed by atoms with Gasteiger partial charge in [-0.1, -0.05) is 66.2 Å². The third-order valence-corrected chi connectivity index (χ3v) is 6.84. The van der Waals surface area contributed by atoms with Gasteiger partial charge in [-0.15, -0.1) is 0 Å². The molecule has 0 bridgehead atoms. The van der Waals surface area contributed by atoms with Crippen molar-refractivity contribution in [3.63, 3.8) is 0 Å². The minimum Gasteiger partial charge on any atom is -0.488 e. The quantitative estimate of drug-likeness (QED) is 0.146. The molecule has 0 saturated carbocycles. The van der Waals surface area contributed by atoms with Gasteiger partial charge < -0.3 is 14.8 Å². The van der Waals surface area contributed by atoms with Crippen molar-refractivity contribution in [1.82, 2.24) is 10.3 Å². The molecule has 35 heavy (non-hydrogen) atoms. The molecule has 4 aromatic rings. The largest absolute Gasteiger partial charge is 0.488 e. The number of nitrogens with one attached hydrogen (secondary N) is 1. The molecule has 180 valence electrons. The van der Waals surface area contributed by atoms with Crippen LogP contribution < -0.4 is 14.8 Å². The van der Waals surface area contributed by atoms with Crippen LogP contribution in [-0.4, -0.2) is 17.3 Å². The molecule has 0 spiro atoms. The highest BCUT2D eigenvalue weighted by atomic mass is 79.9. The summed E-state index contributed by atoms with van der Waals surface area (Å²) in [6.07, 6.45) is 3.54. The van der Waals surface area contributed by atoms with Gasteiger partial charge in [-0.2, -0.15) is 12.6 Å². The van der Waals surface area contributed by atoms with Crippen LogP contribution in [0.2, 0.25) is 5.02 Å². The van der Waals surface area contributed by atoms with Gasteiger partial charge in [-0.3, -0.25) is 4.98 Å². The van der Waals surface area contributed by atoms with Crippen molar-refractivity contribution in [3.8, 4) is 22.6 Å². The maximum atomic E-state index is 6.62. The molecular weight excluding hydrogens is 544 g/mol. The number of nitrogens with zero attached hydrogens (tertiary/aromatic N) is 1. The van der Waals surface area contributed by atoms with Crippen LogP contribution in [0.4, 0.5) is 0 Å². The maximum absolute atomic E-state index is 6.62. The van der Waals surface area contributed by atoms with Gasteiger partial charge in [-0.05, 0) is 39.2 Å². The highest BCUT2D eigenvalue weighted by Gasteiger charge is 2.14. The van der Waals surface area contributed by atoms with Gasteiger partial charge in [0.2, 0.25) is 0 Å². The first-order valence-corrected chi connectivity index (χ1v) is 13.1. The number of hydrogen-bond donors (Lipinski definition) is 2. The molecule has 0 atom stereocenters. The van der Waals surface area contributed by atoms with E-state index in [0.717, 1.165) is 50.3 Å². The lowest BCUT2D eigenvalue weighted by molar-refractivity contribution is 0.287. The van der Waals surface area contributed by atoms with Crippen molar-refractivity contribution in [3.05, 3.63) is 111 Å². The Labute approximate surface area is 225 Å². The molecule has 1 aromatic heterocycles. The van der Waals surface area contributed by atoms with Crippen LogP contribution in [0, 0.1) is 0 Å². The van der Waals surface area contributed by atoms with Crippen molar-refractivity contribution in [2.45, 2.75) is 19.8 Å². The second-order valence-electron chi connectivity index (χ2n) is 7.87. The zero-order valence-electron chi connectivity index (χ0n) is 19.1. The van der Waals surface area contributed by atoms with Crippen LogP contribution in [0.1, 0.15) is 16.7 Å². The average Bonchev–Trinajstić information content (AvgIpc) is 2.89. The lowest BCUT2D eigenvalue weighted by atomic mass is 10.0. The lowest BCUT2D eigenvalue weighted by Gasteiger charge is -2.17. The van der Waals surface area contributed by atoms with Gasteiger partial charge in [0.25, 0.3) is 0 Å². The predicted molar refractivity (Wildman–Crippen MR) is 149 cm³/mol. The molecule has 1 N–H and O–H groups in total. The fourth-order valence-corrected chi connectivity index (χ4v) is 4.60. The zero-order chi connectivity index (χ0) is 24.5. The summed E-state index contributed by atoms with van der Waals surface area (Å²) in [5, 5.41) is 3.89. The molecule has 7 heteroatoms. The first-order chi connectivity index (χ1) is 17.2. The Bertz CT molecular complexity index is 1240. The van der Waals surface area contributed by atoms with E-state index in [1.54, 1.807) is 12.4 Å². The Morgan fingerprint density at radius 3 is 2.49 bits per heavy atom. The number of pyridine rings is 1. The van der Waals surface area contributed by atoms with Gasteiger partial charge >= 0.3 is 0 Å². The first kappa shape index (κ1) is 25.6. The number of thiol groups is 1. The molecule has 0 aliphatic rings. The van der Waals surface area contributed by atoms with Crippen LogP contribution in [0.15, 0.2) is 89.7 Å². The summed E-state index contributed by atoms with van der Waals surface area (Å²) in [7, 11) is 0. The van der Waals surface area contributed by atoms with E-state index in [9.17, 15) is 0 Å². The number of hydrogen-bond acceptors (Lipinski definition) is 5. The van der Waals surface area contributed by atoms with E-state index in [-0.39, 0.29) is 0 Å². The Hall–Kier alpha value is -2.51. The maximum Gasteiger partial charge on any atom is 0.142 e. The van der Waals surface area contributed by atoms with Gasteiger partial charge in [0, 0.05) is 58.5 Å². The molecule has 0 fully saturated rings. The van der Waals surface area contributed by atoms with Crippen molar-refractivity contribution in [1.29, 1.82) is 0 Å². The fraction of sp³-hybridized carbons (Fsp3) is 0.179. The van der Waals surface area contributed by atoms with Crippen molar-refractivity contribution in [2.75, 3.05) is 12.3 Å². The number of ether oxygens (including phenoxy) is 2. The molecule has 0 amide bonds. The molecule has 0 aliphatic carbocycles. The Morgan fingerprint density at radius 1 is 0.886 bits per heavy atom. The standard InChI is InChI=1S/C28H26BrClN2O2S/c29-28-22(9-4-10-24(28)21-7-2-1-3-8-21)19-34-27-15-26(33-18-20-6-5-11-31-16-20)23(14-25(27)30)17-32-12-13-35/h1-11,14-16,32,35H,12-13,17-19H2. The minimum absolute atomic E-state index is 0.361. The summed E-state index contributed by atoms with van der Waals surface area (Å²) in [5.74, 6) is 2.04. The number of benzene rings is 3. The van der Waals surface area contributed by atoms with E-state index in [1.165, 1.54) is 0 Å². The van der Waals surface area contributed by atoms with Crippen molar-refractivity contribution < 1.29 is 9.47 Å². The minimum atomic E-state index is 0.361. The lowest BCUT2D eigenvalue weighted by Crippen LogP contribution is -2.16. The highest BCUT2D eigenvalue weighted by molar-refractivity contribution is 9.10. The summed E-state index contributed by atoms with van der Waals surface area (Å²) in [6.45, 7) is 2.17. The number of rotatable bonds is 11. The normalized spacial score (nSPS) is 10.8. The molecule has 0 radical (unpaired) electrons. The van der Waals surface area contributed by atoms with Crippen LogP contribution >= 0.6 is 40.2 Å². The Morgan fingerprint density at radius 2 is 1.71 bits per heavy atom. The summed E-state index contributed by atoms with van der Waals surface area (Å²) < 4.78 is 13.3. The highest BCUT2D eigenvalue weighted by Crippen LogP contribution is 2.36.